The number of aromatic nitrogens is 2. The predicted molar refractivity (Wildman–Crippen MR) is 136 cm³/mol. The molecular formula is C26H30N4O5S. The van der Waals surface area contributed by atoms with Crippen molar-refractivity contribution in [3.8, 4) is 5.75 Å². The van der Waals surface area contributed by atoms with Gasteiger partial charge in [0.2, 0.25) is 0 Å². The second kappa shape index (κ2) is 10.8. The Balaban J connectivity index is 1.32. The number of carbonyl (C=O) groups is 2. The van der Waals surface area contributed by atoms with Crippen LogP contribution in [0.15, 0.2) is 46.8 Å². The van der Waals surface area contributed by atoms with Gasteiger partial charge in [0.1, 0.15) is 11.3 Å². The highest BCUT2D eigenvalue weighted by atomic mass is 32.1. The molecule has 0 unspecified atom stereocenters. The molecule has 36 heavy (non-hydrogen) atoms. The first kappa shape index (κ1) is 24.5. The van der Waals surface area contributed by atoms with Crippen molar-refractivity contribution in [2.45, 2.75) is 32.1 Å². The molecule has 2 aromatic heterocycles. The van der Waals surface area contributed by atoms with Crippen LogP contribution < -0.4 is 15.6 Å². The Labute approximate surface area is 213 Å². The summed E-state index contributed by atoms with van der Waals surface area (Å²) in [5, 5.41) is 4.67. The first-order valence-corrected chi connectivity index (χ1v) is 13.3. The Morgan fingerprint density at radius 1 is 1.08 bits per heavy atom. The minimum Gasteiger partial charge on any atom is -0.492 e. The molecule has 2 aliphatic heterocycles. The van der Waals surface area contributed by atoms with Crippen molar-refractivity contribution in [3.63, 3.8) is 0 Å². The summed E-state index contributed by atoms with van der Waals surface area (Å²) in [7, 11) is 0. The lowest BCUT2D eigenvalue weighted by Crippen LogP contribution is -2.46. The maximum Gasteiger partial charge on any atom is 0.271 e. The lowest BCUT2D eigenvalue weighted by molar-refractivity contribution is 0.0339. The van der Waals surface area contributed by atoms with E-state index in [2.05, 4.69) is 10.3 Å². The molecule has 1 aromatic carbocycles. The molecular weight excluding hydrogens is 480 g/mol. The number of hydrogen-bond acceptors (Lipinski definition) is 7. The number of benzene rings is 1. The van der Waals surface area contributed by atoms with Gasteiger partial charge in [-0.05, 0) is 37.8 Å². The van der Waals surface area contributed by atoms with Gasteiger partial charge in [-0.15, -0.1) is 11.3 Å². The van der Waals surface area contributed by atoms with Crippen molar-refractivity contribution in [2.24, 2.45) is 5.41 Å². The molecule has 5 rings (SSSR count). The van der Waals surface area contributed by atoms with Crippen LogP contribution in [0.4, 0.5) is 0 Å². The molecule has 1 fully saturated rings. The molecule has 0 bridgehead atoms. The quantitative estimate of drug-likeness (QED) is 0.540. The molecule has 190 valence electrons. The van der Waals surface area contributed by atoms with Gasteiger partial charge in [-0.25, -0.2) is 4.98 Å². The summed E-state index contributed by atoms with van der Waals surface area (Å²) < 4.78 is 13.4. The lowest BCUT2D eigenvalue weighted by Gasteiger charge is -2.42. The van der Waals surface area contributed by atoms with E-state index in [1.54, 1.807) is 22.5 Å². The molecule has 10 heteroatoms. The van der Waals surface area contributed by atoms with Gasteiger partial charge in [0.15, 0.2) is 4.96 Å². The van der Waals surface area contributed by atoms with Gasteiger partial charge in [-0.2, -0.15) is 0 Å². The standard InChI is InChI=1S/C26H30N4O5S/c31-22-19-5-1-2-6-21(19)35-18-26(7-3-4-14-34-15-10-27-22)8-11-29(12-9-26)23(32)20-17-28-25-30(24(20)33)13-16-36-25/h1-2,5-6,13,16-17H,3-4,7-12,14-15,18H2,(H,27,31). The third kappa shape index (κ3) is 5.15. The van der Waals surface area contributed by atoms with E-state index in [-0.39, 0.29) is 28.4 Å². The van der Waals surface area contributed by atoms with E-state index in [1.165, 1.54) is 21.9 Å². The maximum absolute atomic E-state index is 13.2. The first-order chi connectivity index (χ1) is 17.6. The van der Waals surface area contributed by atoms with E-state index < -0.39 is 0 Å². The first-order valence-electron chi connectivity index (χ1n) is 12.4. The van der Waals surface area contributed by atoms with E-state index >= 15 is 0 Å². The molecule has 0 atom stereocenters. The molecule has 4 heterocycles. The average Bonchev–Trinajstić information content (AvgIpc) is 3.39. The Morgan fingerprint density at radius 2 is 1.92 bits per heavy atom. The van der Waals surface area contributed by atoms with Crippen LogP contribution in [0, 0.1) is 5.41 Å². The second-order valence-corrected chi connectivity index (χ2v) is 10.3. The van der Waals surface area contributed by atoms with Crippen molar-refractivity contribution in [2.75, 3.05) is 39.5 Å². The van der Waals surface area contributed by atoms with E-state index in [9.17, 15) is 14.4 Å². The monoisotopic (exact) mass is 510 g/mol. The predicted octanol–water partition coefficient (Wildman–Crippen LogP) is 2.99. The molecule has 1 saturated heterocycles. The fraction of sp³-hybridized carbons (Fsp3) is 0.462. The van der Waals surface area contributed by atoms with Crippen LogP contribution in [0.1, 0.15) is 52.8 Å². The summed E-state index contributed by atoms with van der Waals surface area (Å²) in [4.78, 5) is 45.3. The summed E-state index contributed by atoms with van der Waals surface area (Å²) in [5.41, 5.74) is 0.146. The van der Waals surface area contributed by atoms with Gasteiger partial charge in [-0.1, -0.05) is 18.6 Å². The van der Waals surface area contributed by atoms with Crippen LogP contribution in [0.3, 0.4) is 0 Å². The molecule has 0 aliphatic carbocycles. The van der Waals surface area contributed by atoms with Gasteiger partial charge >= 0.3 is 0 Å². The molecule has 2 aliphatic rings. The van der Waals surface area contributed by atoms with Gasteiger partial charge < -0.3 is 19.7 Å². The van der Waals surface area contributed by atoms with Crippen LogP contribution in [0.25, 0.3) is 4.96 Å². The van der Waals surface area contributed by atoms with Crippen LogP contribution in [-0.2, 0) is 4.74 Å². The van der Waals surface area contributed by atoms with Crippen LogP contribution in [0.5, 0.6) is 5.75 Å². The zero-order valence-electron chi connectivity index (χ0n) is 20.1. The lowest BCUT2D eigenvalue weighted by atomic mass is 9.75. The van der Waals surface area contributed by atoms with Gasteiger partial charge in [0.25, 0.3) is 17.4 Å². The highest BCUT2D eigenvalue weighted by molar-refractivity contribution is 7.15. The highest BCUT2D eigenvalue weighted by Gasteiger charge is 2.37. The fourth-order valence-corrected chi connectivity index (χ4v) is 5.62. The molecule has 3 aromatic rings. The molecule has 2 amide bonds. The Hall–Kier alpha value is -3.24. The number of ether oxygens (including phenoxy) is 2. The molecule has 0 radical (unpaired) electrons. The van der Waals surface area contributed by atoms with Crippen molar-refractivity contribution in [1.29, 1.82) is 0 Å². The maximum atomic E-state index is 13.2. The topological polar surface area (TPSA) is 102 Å². The van der Waals surface area contributed by atoms with Crippen LogP contribution in [-0.4, -0.2) is 65.6 Å². The Bertz CT molecular complexity index is 1290. The summed E-state index contributed by atoms with van der Waals surface area (Å²) >= 11 is 1.36. The van der Waals surface area contributed by atoms with Crippen LogP contribution >= 0.6 is 11.3 Å². The highest BCUT2D eigenvalue weighted by Crippen LogP contribution is 2.38. The molecule has 0 saturated carbocycles. The van der Waals surface area contributed by atoms with Crippen LogP contribution in [0.2, 0.25) is 0 Å². The zero-order valence-corrected chi connectivity index (χ0v) is 20.9. The van der Waals surface area contributed by atoms with Crippen molar-refractivity contribution >= 4 is 28.1 Å². The van der Waals surface area contributed by atoms with E-state index in [0.717, 1.165) is 32.1 Å². The number of nitrogens with zero attached hydrogens (tertiary/aromatic N) is 3. The Kier molecular flexibility index (Phi) is 7.33. The number of thiazole rings is 1. The number of piperidine rings is 1. The van der Waals surface area contributed by atoms with Crippen molar-refractivity contribution in [3.05, 3.63) is 63.5 Å². The number of carbonyl (C=O) groups excluding carboxylic acids is 2. The summed E-state index contributed by atoms with van der Waals surface area (Å²) in [5.74, 6) is 0.109. The minimum absolute atomic E-state index is 0.0983. The largest absolute Gasteiger partial charge is 0.492 e. The second-order valence-electron chi connectivity index (χ2n) is 9.44. The van der Waals surface area contributed by atoms with Gasteiger partial charge in [-0.3, -0.25) is 18.8 Å². The number of likely N-dealkylation sites (tertiary alicyclic amines) is 1. The number of nitrogens with one attached hydrogen (secondary N) is 1. The fourth-order valence-electron chi connectivity index (χ4n) is 4.94. The third-order valence-electron chi connectivity index (χ3n) is 7.13. The summed E-state index contributed by atoms with van der Waals surface area (Å²) in [6.45, 7) is 3.11. The SMILES string of the molecule is O=C1NCCOCCCCC2(CCN(C(=O)c3cnc4sccn4c3=O)CC2)COc2ccccc21. The van der Waals surface area contributed by atoms with Gasteiger partial charge in [0, 0.05) is 49.4 Å². The third-order valence-corrected chi connectivity index (χ3v) is 7.90. The number of fused-ring (bicyclic) bond motifs is 2. The minimum atomic E-state index is -0.331. The Morgan fingerprint density at radius 3 is 2.78 bits per heavy atom. The van der Waals surface area contributed by atoms with Crippen molar-refractivity contribution in [1.82, 2.24) is 19.6 Å². The van der Waals surface area contributed by atoms with Gasteiger partial charge in [0.05, 0.1) is 18.8 Å². The summed E-state index contributed by atoms with van der Waals surface area (Å²) in [6.07, 6.45) is 7.41. The molecule has 9 nitrogen and oxygen atoms in total. The smallest absolute Gasteiger partial charge is 0.271 e. The molecule has 1 spiro atoms. The van der Waals surface area contributed by atoms with E-state index in [0.29, 0.717) is 55.7 Å². The normalized spacial score (nSPS) is 19.2. The summed E-state index contributed by atoms with van der Waals surface area (Å²) in [6, 6.07) is 7.28. The van der Waals surface area contributed by atoms with E-state index in [4.69, 9.17) is 9.47 Å². The number of hydrogen-bond donors (Lipinski definition) is 1. The number of amides is 2. The zero-order chi connectivity index (χ0) is 25.0. The van der Waals surface area contributed by atoms with E-state index in [1.807, 2.05) is 18.2 Å². The van der Waals surface area contributed by atoms with Crippen molar-refractivity contribution < 1.29 is 19.1 Å². The average molecular weight is 511 g/mol. The number of para-hydroxylation sites is 1. The number of rotatable bonds is 1. The molecule has 1 N–H and O–H groups in total.